The molecule has 0 saturated carbocycles. The minimum atomic E-state index is -0.527. The van der Waals surface area contributed by atoms with Gasteiger partial charge in [0.15, 0.2) is 0 Å². The van der Waals surface area contributed by atoms with Gasteiger partial charge in [-0.15, -0.1) is 0 Å². The lowest BCUT2D eigenvalue weighted by Crippen LogP contribution is -2.08. The minimum Gasteiger partial charge on any atom is -0.457 e. The Balaban J connectivity index is 1.97. The van der Waals surface area contributed by atoms with Gasteiger partial charge in [0.1, 0.15) is 11.5 Å². The van der Waals surface area contributed by atoms with Crippen LogP contribution in [0.5, 0.6) is 11.5 Å². The third kappa shape index (κ3) is 4.08. The average molecular weight is 297 g/mol. The highest BCUT2D eigenvalue weighted by atomic mass is 16.7. The molecule has 0 bridgehead atoms. The Hall–Kier alpha value is -3.33. The lowest BCUT2D eigenvalue weighted by atomic mass is 10.2. The maximum absolute atomic E-state index is 11.9. The van der Waals surface area contributed by atoms with Gasteiger partial charge in [0.25, 0.3) is 6.47 Å². The molecular formula is C16H11NO5. The van der Waals surface area contributed by atoms with E-state index in [1.54, 1.807) is 36.4 Å². The zero-order valence-corrected chi connectivity index (χ0v) is 11.4. The number of nitrogens with zero attached hydrogens (tertiary/aromatic N) is 1. The minimum absolute atomic E-state index is 0.196. The van der Waals surface area contributed by atoms with E-state index < -0.39 is 5.97 Å². The number of esters is 1. The smallest absolute Gasteiger partial charge is 0.343 e. The van der Waals surface area contributed by atoms with Crippen molar-refractivity contribution < 1.29 is 23.8 Å². The summed E-state index contributed by atoms with van der Waals surface area (Å²) < 4.78 is 14.7. The lowest BCUT2D eigenvalue weighted by Gasteiger charge is -2.06. The van der Waals surface area contributed by atoms with E-state index >= 15 is 0 Å². The number of nitriles is 1. The Morgan fingerprint density at radius 2 is 1.68 bits per heavy atom. The Morgan fingerprint density at radius 1 is 1.05 bits per heavy atom. The summed E-state index contributed by atoms with van der Waals surface area (Å²) in [5.41, 5.74) is 0.826. The fourth-order valence-corrected chi connectivity index (χ4v) is 1.58. The van der Waals surface area contributed by atoms with Gasteiger partial charge in [-0.05, 0) is 48.5 Å². The molecule has 2 aromatic carbocycles. The quantitative estimate of drug-likeness (QED) is 0.267. The van der Waals surface area contributed by atoms with Crippen molar-refractivity contribution in [2.24, 2.45) is 0 Å². The Morgan fingerprint density at radius 3 is 2.27 bits per heavy atom. The molecule has 6 heteroatoms. The van der Waals surface area contributed by atoms with E-state index in [4.69, 9.17) is 14.7 Å². The van der Waals surface area contributed by atoms with E-state index in [1.807, 2.05) is 6.07 Å². The molecule has 0 fully saturated rings. The van der Waals surface area contributed by atoms with Crippen molar-refractivity contribution in [3.63, 3.8) is 0 Å². The van der Waals surface area contributed by atoms with Gasteiger partial charge >= 0.3 is 5.97 Å². The number of hydrogen-bond acceptors (Lipinski definition) is 6. The molecule has 110 valence electrons. The molecule has 0 saturated heterocycles. The first kappa shape index (κ1) is 15.1. The maximum atomic E-state index is 11.9. The first-order chi connectivity index (χ1) is 10.7. The number of hydrogen-bond donors (Lipinski definition) is 0. The predicted molar refractivity (Wildman–Crippen MR) is 75.2 cm³/mol. The van der Waals surface area contributed by atoms with Gasteiger partial charge in [0, 0.05) is 0 Å². The molecule has 2 aromatic rings. The molecule has 0 aliphatic rings. The first-order valence-electron chi connectivity index (χ1n) is 6.23. The van der Waals surface area contributed by atoms with Crippen LogP contribution in [0.1, 0.15) is 15.9 Å². The second-order valence-corrected chi connectivity index (χ2v) is 4.08. The molecule has 0 amide bonds. The van der Waals surface area contributed by atoms with Crippen LogP contribution in [0.2, 0.25) is 0 Å². The zero-order chi connectivity index (χ0) is 15.8. The van der Waals surface area contributed by atoms with Gasteiger partial charge in [0.05, 0.1) is 17.2 Å². The highest BCUT2D eigenvalue weighted by Crippen LogP contribution is 2.16. The van der Waals surface area contributed by atoms with Crippen LogP contribution in [0, 0.1) is 11.3 Å². The van der Waals surface area contributed by atoms with E-state index in [-0.39, 0.29) is 13.3 Å². The summed E-state index contributed by atoms with van der Waals surface area (Å²) in [5, 5.41) is 8.69. The monoisotopic (exact) mass is 297 g/mol. The summed E-state index contributed by atoms with van der Waals surface area (Å²) in [4.78, 5) is 21.9. The fraction of sp³-hybridized carbons (Fsp3) is 0.0625. The lowest BCUT2D eigenvalue weighted by molar-refractivity contribution is -0.134. The highest BCUT2D eigenvalue weighted by Gasteiger charge is 2.08. The number of rotatable bonds is 6. The van der Waals surface area contributed by atoms with E-state index in [0.29, 0.717) is 22.6 Å². The summed E-state index contributed by atoms with van der Waals surface area (Å²) in [7, 11) is 0. The van der Waals surface area contributed by atoms with Gasteiger partial charge in [-0.1, -0.05) is 0 Å². The van der Waals surface area contributed by atoms with Crippen molar-refractivity contribution in [1.82, 2.24) is 0 Å². The second kappa shape index (κ2) is 7.45. The molecule has 0 aliphatic carbocycles. The first-order valence-corrected chi connectivity index (χ1v) is 6.23. The number of carbonyl (C=O) groups is 2. The molecule has 2 rings (SSSR count). The van der Waals surface area contributed by atoms with Crippen LogP contribution in [0.15, 0.2) is 48.5 Å². The molecule has 0 radical (unpaired) electrons. The van der Waals surface area contributed by atoms with Crippen molar-refractivity contribution in [3.8, 4) is 17.6 Å². The molecule has 0 heterocycles. The Bertz CT molecular complexity index is 686. The Kier molecular flexibility index (Phi) is 5.10. The summed E-state index contributed by atoms with van der Waals surface area (Å²) in [6.07, 6.45) is 0. The largest absolute Gasteiger partial charge is 0.457 e. The van der Waals surface area contributed by atoms with Crippen molar-refractivity contribution in [1.29, 1.82) is 5.26 Å². The fourth-order valence-electron chi connectivity index (χ4n) is 1.58. The van der Waals surface area contributed by atoms with Gasteiger partial charge < -0.3 is 14.2 Å². The van der Waals surface area contributed by atoms with Crippen LogP contribution in [0.3, 0.4) is 0 Å². The molecule has 0 N–H and O–H groups in total. The topological polar surface area (TPSA) is 85.6 Å². The molecular weight excluding hydrogens is 286 g/mol. The Labute approximate surface area is 126 Å². The normalized spacial score (nSPS) is 9.41. The van der Waals surface area contributed by atoms with Crippen molar-refractivity contribution in [2.75, 3.05) is 6.79 Å². The van der Waals surface area contributed by atoms with Crippen molar-refractivity contribution in [3.05, 3.63) is 59.7 Å². The predicted octanol–water partition coefficient (Wildman–Crippen LogP) is 2.29. The van der Waals surface area contributed by atoms with Crippen molar-refractivity contribution >= 4 is 12.4 Å². The van der Waals surface area contributed by atoms with Gasteiger partial charge in [-0.25, -0.2) is 4.79 Å². The summed E-state index contributed by atoms with van der Waals surface area (Å²) in [5.74, 6) is 0.279. The van der Waals surface area contributed by atoms with E-state index in [2.05, 4.69) is 4.74 Å². The third-order valence-corrected chi connectivity index (χ3v) is 2.65. The van der Waals surface area contributed by atoms with Crippen LogP contribution in [0.4, 0.5) is 0 Å². The molecule has 0 aromatic heterocycles. The van der Waals surface area contributed by atoms with E-state index in [1.165, 1.54) is 12.1 Å². The van der Waals surface area contributed by atoms with Crippen LogP contribution < -0.4 is 9.47 Å². The van der Waals surface area contributed by atoms with Crippen LogP contribution >= 0.6 is 0 Å². The van der Waals surface area contributed by atoms with Crippen LogP contribution in [-0.4, -0.2) is 19.2 Å². The van der Waals surface area contributed by atoms with Gasteiger partial charge in [-0.3, -0.25) is 4.79 Å². The van der Waals surface area contributed by atoms with Gasteiger partial charge in [-0.2, -0.15) is 5.26 Å². The number of benzene rings is 2. The molecule has 0 atom stereocenters. The molecule has 0 aliphatic heterocycles. The summed E-state index contributed by atoms with van der Waals surface area (Å²) in [6.45, 7) is 0.0852. The maximum Gasteiger partial charge on any atom is 0.343 e. The standard InChI is InChI=1S/C16H11NO5/c17-9-12-1-5-15(6-2-12)22-16(19)13-3-7-14(8-4-13)21-11-20-10-18/h1-8,10H,11H2. The van der Waals surface area contributed by atoms with Crippen LogP contribution in [0.25, 0.3) is 0 Å². The van der Waals surface area contributed by atoms with E-state index in [9.17, 15) is 9.59 Å². The van der Waals surface area contributed by atoms with E-state index in [0.717, 1.165) is 0 Å². The molecule has 0 spiro atoms. The summed E-state index contributed by atoms with van der Waals surface area (Å²) >= 11 is 0. The second-order valence-electron chi connectivity index (χ2n) is 4.08. The van der Waals surface area contributed by atoms with Crippen molar-refractivity contribution in [2.45, 2.75) is 0 Å². The zero-order valence-electron chi connectivity index (χ0n) is 11.4. The summed E-state index contributed by atoms with van der Waals surface area (Å²) in [6, 6.07) is 14.4. The SMILES string of the molecule is N#Cc1ccc(OC(=O)c2ccc(OCOC=O)cc2)cc1. The number of carbonyl (C=O) groups excluding carboxylic acids is 2. The molecule has 6 nitrogen and oxygen atoms in total. The third-order valence-electron chi connectivity index (χ3n) is 2.65. The van der Waals surface area contributed by atoms with Crippen LogP contribution in [-0.2, 0) is 9.53 Å². The average Bonchev–Trinajstić information content (AvgIpc) is 2.56. The number of ether oxygens (including phenoxy) is 3. The van der Waals surface area contributed by atoms with Gasteiger partial charge in [0.2, 0.25) is 6.79 Å². The molecule has 0 unspecified atom stereocenters. The molecule has 22 heavy (non-hydrogen) atoms. The highest BCUT2D eigenvalue weighted by molar-refractivity contribution is 5.91.